The lowest BCUT2D eigenvalue weighted by molar-refractivity contribution is 0.346. The Kier molecular flexibility index (Phi) is 5.34. The topological polar surface area (TPSA) is 62.3 Å². The molecular weight excluding hydrogens is 341 g/mol. The van der Waals surface area contributed by atoms with Crippen molar-refractivity contribution >= 4 is 15.8 Å². The third-order valence-electron chi connectivity index (χ3n) is 4.42. The number of pyridine rings is 1. The summed E-state index contributed by atoms with van der Waals surface area (Å²) in [4.78, 5) is 4.45. The predicted octanol–water partition coefficient (Wildman–Crippen LogP) is 3.57. The number of halogens is 1. The average molecular weight is 363 g/mol. The van der Waals surface area contributed by atoms with Gasteiger partial charge in [0.2, 0.25) is 10.0 Å². The van der Waals surface area contributed by atoms with E-state index in [1.807, 2.05) is 6.92 Å². The van der Waals surface area contributed by atoms with Gasteiger partial charge >= 0.3 is 0 Å². The van der Waals surface area contributed by atoms with Crippen LogP contribution in [0.2, 0.25) is 0 Å². The molecule has 1 fully saturated rings. The summed E-state index contributed by atoms with van der Waals surface area (Å²) in [5, 5.41) is 3.19. The maximum absolute atomic E-state index is 13.0. The van der Waals surface area contributed by atoms with E-state index in [-0.39, 0.29) is 16.8 Å². The minimum Gasteiger partial charge on any atom is -0.364 e. The van der Waals surface area contributed by atoms with Gasteiger partial charge in [-0.25, -0.2) is 17.8 Å². The molecule has 1 aliphatic rings. The fourth-order valence-corrected chi connectivity index (χ4v) is 4.39. The SMILES string of the molecule is C[C@H](Nc1ccc(S(=O)(=O)N2CCCCC2)cn1)c1ccc(F)cc1. The quantitative estimate of drug-likeness (QED) is 0.882. The monoisotopic (exact) mass is 363 g/mol. The van der Waals surface area contributed by atoms with Crippen molar-refractivity contribution in [3.05, 3.63) is 54.0 Å². The number of anilines is 1. The molecule has 3 rings (SSSR count). The number of benzene rings is 1. The minimum atomic E-state index is -3.46. The molecule has 5 nitrogen and oxygen atoms in total. The Bertz CT molecular complexity index is 801. The van der Waals surface area contributed by atoms with Gasteiger partial charge in [-0.2, -0.15) is 4.31 Å². The summed E-state index contributed by atoms with van der Waals surface area (Å²) in [5.41, 5.74) is 0.924. The third-order valence-corrected chi connectivity index (χ3v) is 6.31. The molecule has 0 saturated carbocycles. The lowest BCUT2D eigenvalue weighted by Gasteiger charge is -2.25. The largest absolute Gasteiger partial charge is 0.364 e. The Labute approximate surface area is 147 Å². The maximum Gasteiger partial charge on any atom is 0.244 e. The van der Waals surface area contributed by atoms with E-state index in [0.29, 0.717) is 18.9 Å². The van der Waals surface area contributed by atoms with Gasteiger partial charge < -0.3 is 5.32 Å². The molecule has 1 N–H and O–H groups in total. The molecule has 2 aromatic rings. The Morgan fingerprint density at radius 1 is 1.08 bits per heavy atom. The molecule has 7 heteroatoms. The van der Waals surface area contributed by atoms with Crippen LogP contribution in [0.4, 0.5) is 10.2 Å². The highest BCUT2D eigenvalue weighted by Crippen LogP contribution is 2.22. The first-order chi connectivity index (χ1) is 12.0. The van der Waals surface area contributed by atoms with E-state index < -0.39 is 10.0 Å². The molecule has 0 aliphatic carbocycles. The van der Waals surface area contributed by atoms with Crippen LogP contribution < -0.4 is 5.32 Å². The maximum atomic E-state index is 13.0. The molecule has 1 aromatic carbocycles. The smallest absolute Gasteiger partial charge is 0.244 e. The van der Waals surface area contributed by atoms with E-state index in [4.69, 9.17) is 0 Å². The number of sulfonamides is 1. The van der Waals surface area contributed by atoms with Crippen molar-refractivity contribution in [2.24, 2.45) is 0 Å². The van der Waals surface area contributed by atoms with Crippen molar-refractivity contribution in [3.8, 4) is 0 Å². The third kappa shape index (κ3) is 4.16. The van der Waals surface area contributed by atoms with Gasteiger partial charge in [0, 0.05) is 25.3 Å². The van der Waals surface area contributed by atoms with Gasteiger partial charge in [-0.3, -0.25) is 0 Å². The van der Waals surface area contributed by atoms with Crippen molar-refractivity contribution in [1.29, 1.82) is 0 Å². The van der Waals surface area contributed by atoms with Gasteiger partial charge in [0.25, 0.3) is 0 Å². The number of hydrogen-bond donors (Lipinski definition) is 1. The minimum absolute atomic E-state index is 0.0716. The van der Waals surface area contributed by atoms with Gasteiger partial charge in [-0.15, -0.1) is 0 Å². The summed E-state index contributed by atoms with van der Waals surface area (Å²) in [6.07, 6.45) is 4.28. The van der Waals surface area contributed by atoms with Crippen LogP contribution in [0.25, 0.3) is 0 Å². The van der Waals surface area contributed by atoms with E-state index >= 15 is 0 Å². The number of nitrogens with one attached hydrogen (secondary N) is 1. The van der Waals surface area contributed by atoms with E-state index in [1.54, 1.807) is 24.3 Å². The zero-order chi connectivity index (χ0) is 17.9. The van der Waals surface area contributed by atoms with Crippen LogP contribution in [-0.4, -0.2) is 30.8 Å². The molecule has 0 unspecified atom stereocenters. The average Bonchev–Trinajstić information content (AvgIpc) is 2.63. The summed E-state index contributed by atoms with van der Waals surface area (Å²) < 4.78 is 39.7. The van der Waals surface area contributed by atoms with Crippen LogP contribution in [0.1, 0.15) is 37.8 Å². The van der Waals surface area contributed by atoms with Crippen LogP contribution in [0.3, 0.4) is 0 Å². The molecular formula is C18H22FN3O2S. The van der Waals surface area contributed by atoms with Gasteiger partial charge in [0.15, 0.2) is 0 Å². The molecule has 1 atom stereocenters. The molecule has 0 radical (unpaired) electrons. The van der Waals surface area contributed by atoms with E-state index in [9.17, 15) is 12.8 Å². The summed E-state index contributed by atoms with van der Waals surface area (Å²) in [7, 11) is -3.46. The zero-order valence-electron chi connectivity index (χ0n) is 14.2. The van der Waals surface area contributed by atoms with E-state index in [2.05, 4.69) is 10.3 Å². The number of piperidine rings is 1. The molecule has 0 amide bonds. The zero-order valence-corrected chi connectivity index (χ0v) is 15.0. The number of rotatable bonds is 5. The van der Waals surface area contributed by atoms with Gasteiger partial charge in [0.1, 0.15) is 16.5 Å². The van der Waals surface area contributed by atoms with Gasteiger partial charge in [0.05, 0.1) is 0 Å². The van der Waals surface area contributed by atoms with Crippen molar-refractivity contribution in [2.45, 2.75) is 37.1 Å². The fourth-order valence-electron chi connectivity index (χ4n) is 2.93. The van der Waals surface area contributed by atoms with Crippen LogP contribution in [0.15, 0.2) is 47.5 Å². The van der Waals surface area contributed by atoms with Crippen LogP contribution in [0, 0.1) is 5.82 Å². The standard InChI is InChI=1S/C18H22FN3O2S/c1-14(15-5-7-16(19)8-6-15)21-18-10-9-17(13-20-18)25(23,24)22-11-3-2-4-12-22/h5-10,13-14H,2-4,11-12H2,1H3,(H,20,21)/t14-/m0/s1. The summed E-state index contributed by atoms with van der Waals surface area (Å²) in [5.74, 6) is 0.302. The van der Waals surface area contributed by atoms with E-state index in [0.717, 1.165) is 24.8 Å². The Balaban J connectivity index is 1.70. The fraction of sp³-hybridized carbons (Fsp3) is 0.389. The molecule has 1 aromatic heterocycles. The number of nitrogens with zero attached hydrogens (tertiary/aromatic N) is 2. The van der Waals surface area contributed by atoms with Crippen molar-refractivity contribution in [1.82, 2.24) is 9.29 Å². The highest BCUT2D eigenvalue weighted by Gasteiger charge is 2.26. The Hall–Kier alpha value is -1.99. The Morgan fingerprint density at radius 2 is 1.76 bits per heavy atom. The second-order valence-corrected chi connectivity index (χ2v) is 8.20. The summed E-state index contributed by atoms with van der Waals surface area (Å²) in [6, 6.07) is 9.42. The lowest BCUT2D eigenvalue weighted by atomic mass is 10.1. The highest BCUT2D eigenvalue weighted by molar-refractivity contribution is 7.89. The lowest BCUT2D eigenvalue weighted by Crippen LogP contribution is -2.35. The van der Waals surface area contributed by atoms with Crippen LogP contribution in [0.5, 0.6) is 0 Å². The molecule has 0 bridgehead atoms. The van der Waals surface area contributed by atoms with E-state index in [1.165, 1.54) is 22.6 Å². The normalized spacial score (nSPS) is 17.2. The number of hydrogen-bond acceptors (Lipinski definition) is 4. The first-order valence-electron chi connectivity index (χ1n) is 8.45. The van der Waals surface area contributed by atoms with Gasteiger partial charge in [-0.1, -0.05) is 18.6 Å². The number of aromatic nitrogens is 1. The Morgan fingerprint density at radius 3 is 2.36 bits per heavy atom. The molecule has 1 saturated heterocycles. The van der Waals surface area contributed by atoms with Gasteiger partial charge in [-0.05, 0) is 49.6 Å². The molecule has 1 aliphatic heterocycles. The highest BCUT2D eigenvalue weighted by atomic mass is 32.2. The second-order valence-electron chi connectivity index (χ2n) is 6.26. The first kappa shape index (κ1) is 17.8. The molecule has 134 valence electrons. The molecule has 2 heterocycles. The van der Waals surface area contributed by atoms with Crippen molar-refractivity contribution in [3.63, 3.8) is 0 Å². The summed E-state index contributed by atoms with van der Waals surface area (Å²) in [6.45, 7) is 3.08. The molecule has 25 heavy (non-hydrogen) atoms. The van der Waals surface area contributed by atoms with Crippen molar-refractivity contribution in [2.75, 3.05) is 18.4 Å². The van der Waals surface area contributed by atoms with Crippen LogP contribution in [-0.2, 0) is 10.0 Å². The molecule has 0 spiro atoms. The predicted molar refractivity (Wildman–Crippen MR) is 95.3 cm³/mol. The second kappa shape index (κ2) is 7.49. The first-order valence-corrected chi connectivity index (χ1v) is 9.89. The van der Waals surface area contributed by atoms with Crippen LogP contribution >= 0.6 is 0 Å². The summed E-state index contributed by atoms with van der Waals surface area (Å²) >= 11 is 0. The van der Waals surface area contributed by atoms with Crippen molar-refractivity contribution < 1.29 is 12.8 Å².